The van der Waals surface area contributed by atoms with Gasteiger partial charge in [-0.15, -0.1) is 0 Å². The molecule has 0 bridgehead atoms. The van der Waals surface area contributed by atoms with E-state index >= 15 is 0 Å². The normalized spacial score (nSPS) is 13.3. The second-order valence-electron chi connectivity index (χ2n) is 4.07. The molecule has 0 saturated heterocycles. The van der Waals surface area contributed by atoms with Crippen molar-refractivity contribution in [3.8, 4) is 0 Å². The molecule has 100 valence electrons. The molecule has 1 unspecified atom stereocenters. The number of rotatable bonds is 4. The molecule has 5 nitrogen and oxygen atoms in total. The number of methoxy groups -OCH3 is 1. The summed E-state index contributed by atoms with van der Waals surface area (Å²) in [6.45, 7) is 4.18. The van der Waals surface area contributed by atoms with Crippen molar-refractivity contribution in [2.24, 2.45) is 10.8 Å². The summed E-state index contributed by atoms with van der Waals surface area (Å²) in [4.78, 5) is 4.26. The van der Waals surface area contributed by atoms with E-state index in [-0.39, 0.29) is 11.9 Å². The van der Waals surface area contributed by atoms with E-state index < -0.39 is 0 Å². The Morgan fingerprint density at radius 1 is 1.50 bits per heavy atom. The highest BCUT2D eigenvalue weighted by Crippen LogP contribution is 2.13. The third-order valence-electron chi connectivity index (χ3n) is 2.20. The molecule has 1 atom stereocenters. The Morgan fingerprint density at radius 2 is 2.22 bits per heavy atom. The molecule has 0 heterocycles. The van der Waals surface area contributed by atoms with Gasteiger partial charge in [0.1, 0.15) is 5.82 Å². The van der Waals surface area contributed by atoms with Crippen LogP contribution in [0.4, 0.5) is 10.1 Å². The molecular formula is C12H19FN4O. The standard InChI is InChI=1S/C12H19FN4O/c1-8-4-10(13)6-11(5-8)16-12(17-14)15-9(2)7-18-3/h4-6,9H,7,14H2,1-3H3,(H2,15,16,17). The van der Waals surface area contributed by atoms with Gasteiger partial charge in [0, 0.05) is 12.8 Å². The van der Waals surface area contributed by atoms with Gasteiger partial charge in [-0.25, -0.2) is 15.2 Å². The summed E-state index contributed by atoms with van der Waals surface area (Å²) in [6, 6.07) is 4.58. The Bertz CT molecular complexity index is 402. The number of nitrogens with one attached hydrogen (secondary N) is 2. The molecule has 1 aromatic carbocycles. The zero-order valence-electron chi connectivity index (χ0n) is 10.8. The zero-order valence-corrected chi connectivity index (χ0v) is 10.8. The van der Waals surface area contributed by atoms with E-state index in [9.17, 15) is 4.39 Å². The lowest BCUT2D eigenvalue weighted by Gasteiger charge is -2.12. The van der Waals surface area contributed by atoms with Gasteiger partial charge < -0.3 is 10.1 Å². The summed E-state index contributed by atoms with van der Waals surface area (Å²) in [5.74, 6) is 5.42. The maximum atomic E-state index is 13.2. The summed E-state index contributed by atoms with van der Waals surface area (Å²) in [5, 5.41) is 2.92. The molecule has 1 aromatic rings. The second-order valence-corrected chi connectivity index (χ2v) is 4.07. The van der Waals surface area contributed by atoms with Crippen LogP contribution in [-0.2, 0) is 4.74 Å². The molecule has 0 aromatic heterocycles. The maximum Gasteiger partial charge on any atom is 0.210 e. The Balaban J connectivity index is 2.79. The quantitative estimate of drug-likeness (QED) is 0.329. The molecule has 0 fully saturated rings. The summed E-state index contributed by atoms with van der Waals surface area (Å²) >= 11 is 0. The van der Waals surface area contributed by atoms with Crippen molar-refractivity contribution < 1.29 is 9.13 Å². The third kappa shape index (κ3) is 4.68. The number of anilines is 1. The number of hydrogen-bond acceptors (Lipinski definition) is 3. The summed E-state index contributed by atoms with van der Waals surface area (Å²) in [6.07, 6.45) is 0. The van der Waals surface area contributed by atoms with Gasteiger partial charge in [-0.2, -0.15) is 0 Å². The predicted molar refractivity (Wildman–Crippen MR) is 70.9 cm³/mol. The van der Waals surface area contributed by atoms with Crippen molar-refractivity contribution >= 4 is 11.6 Å². The third-order valence-corrected chi connectivity index (χ3v) is 2.20. The fraction of sp³-hybridized carbons (Fsp3) is 0.417. The van der Waals surface area contributed by atoms with Gasteiger partial charge in [-0.3, -0.25) is 5.43 Å². The van der Waals surface area contributed by atoms with E-state index in [2.05, 4.69) is 15.7 Å². The van der Waals surface area contributed by atoms with E-state index in [0.29, 0.717) is 18.3 Å². The van der Waals surface area contributed by atoms with Crippen LogP contribution in [0.3, 0.4) is 0 Å². The molecule has 0 saturated carbocycles. The van der Waals surface area contributed by atoms with E-state index in [1.54, 1.807) is 13.2 Å². The topological polar surface area (TPSA) is 71.7 Å². The number of guanidine groups is 1. The molecule has 0 amide bonds. The van der Waals surface area contributed by atoms with Crippen molar-refractivity contribution in [3.05, 3.63) is 29.6 Å². The van der Waals surface area contributed by atoms with Crippen LogP contribution in [0.1, 0.15) is 12.5 Å². The number of ether oxygens (including phenoxy) is 1. The molecule has 1 rings (SSSR count). The van der Waals surface area contributed by atoms with Crippen LogP contribution in [0.5, 0.6) is 0 Å². The summed E-state index contributed by atoms with van der Waals surface area (Å²) in [7, 11) is 1.60. The van der Waals surface area contributed by atoms with E-state index in [4.69, 9.17) is 10.6 Å². The lowest BCUT2D eigenvalue weighted by atomic mass is 10.2. The minimum absolute atomic E-state index is 0.0526. The van der Waals surface area contributed by atoms with Crippen LogP contribution < -0.4 is 16.6 Å². The SMILES string of the molecule is COCC(C)N=C(NN)Nc1cc(C)cc(F)c1. The first-order valence-corrected chi connectivity index (χ1v) is 5.62. The highest BCUT2D eigenvalue weighted by atomic mass is 19.1. The molecular weight excluding hydrogens is 235 g/mol. The van der Waals surface area contributed by atoms with Crippen LogP contribution >= 0.6 is 0 Å². The van der Waals surface area contributed by atoms with Gasteiger partial charge in [0.15, 0.2) is 0 Å². The fourth-order valence-electron chi connectivity index (χ4n) is 1.55. The van der Waals surface area contributed by atoms with Gasteiger partial charge >= 0.3 is 0 Å². The Morgan fingerprint density at radius 3 is 2.78 bits per heavy atom. The van der Waals surface area contributed by atoms with Gasteiger partial charge in [0.2, 0.25) is 5.96 Å². The number of hydrogen-bond donors (Lipinski definition) is 3. The lowest BCUT2D eigenvalue weighted by Crippen LogP contribution is -2.37. The smallest absolute Gasteiger partial charge is 0.210 e. The zero-order chi connectivity index (χ0) is 13.5. The largest absolute Gasteiger partial charge is 0.382 e. The first kappa shape index (κ1) is 14.4. The molecule has 0 radical (unpaired) electrons. The number of aliphatic imine (C=N–C) groups is 1. The summed E-state index contributed by atoms with van der Waals surface area (Å²) < 4.78 is 18.2. The van der Waals surface area contributed by atoms with Crippen LogP contribution in [0.15, 0.2) is 23.2 Å². The summed E-state index contributed by atoms with van der Waals surface area (Å²) in [5.41, 5.74) is 3.85. The molecule has 0 aliphatic rings. The van der Waals surface area contributed by atoms with Crippen molar-refractivity contribution in [2.45, 2.75) is 19.9 Å². The molecule has 6 heteroatoms. The molecule has 4 N–H and O–H groups in total. The van der Waals surface area contributed by atoms with Crippen molar-refractivity contribution in [2.75, 3.05) is 19.0 Å². The first-order valence-electron chi connectivity index (χ1n) is 5.62. The fourth-order valence-corrected chi connectivity index (χ4v) is 1.55. The highest BCUT2D eigenvalue weighted by Gasteiger charge is 2.04. The minimum atomic E-state index is -0.307. The number of nitrogens with zero attached hydrogens (tertiary/aromatic N) is 1. The average Bonchev–Trinajstić information content (AvgIpc) is 2.27. The van der Waals surface area contributed by atoms with E-state index in [1.165, 1.54) is 12.1 Å². The number of nitrogens with two attached hydrogens (primary N) is 1. The van der Waals surface area contributed by atoms with Crippen molar-refractivity contribution in [3.63, 3.8) is 0 Å². The molecule has 18 heavy (non-hydrogen) atoms. The monoisotopic (exact) mass is 254 g/mol. The van der Waals surface area contributed by atoms with Crippen molar-refractivity contribution in [1.29, 1.82) is 0 Å². The van der Waals surface area contributed by atoms with Gasteiger partial charge in [0.05, 0.1) is 12.6 Å². The Hall–Kier alpha value is -1.66. The lowest BCUT2D eigenvalue weighted by molar-refractivity contribution is 0.185. The number of aryl methyl sites for hydroxylation is 1. The number of benzene rings is 1. The van der Waals surface area contributed by atoms with E-state index in [1.807, 2.05) is 13.8 Å². The highest BCUT2D eigenvalue weighted by molar-refractivity contribution is 5.93. The van der Waals surface area contributed by atoms with Crippen LogP contribution in [0.25, 0.3) is 0 Å². The molecule has 0 aliphatic carbocycles. The Kier molecular flexibility index (Phi) is 5.54. The predicted octanol–water partition coefficient (Wildman–Crippen LogP) is 1.40. The van der Waals surface area contributed by atoms with E-state index in [0.717, 1.165) is 5.56 Å². The Labute approximate surface area is 106 Å². The van der Waals surface area contributed by atoms with Gasteiger partial charge in [0.25, 0.3) is 0 Å². The number of hydrazine groups is 1. The van der Waals surface area contributed by atoms with Crippen molar-refractivity contribution in [1.82, 2.24) is 5.43 Å². The average molecular weight is 254 g/mol. The van der Waals surface area contributed by atoms with Crippen LogP contribution in [0, 0.1) is 12.7 Å². The first-order chi connectivity index (χ1) is 8.55. The number of halogens is 1. The van der Waals surface area contributed by atoms with Gasteiger partial charge in [-0.1, -0.05) is 0 Å². The molecule has 0 spiro atoms. The van der Waals surface area contributed by atoms with Gasteiger partial charge in [-0.05, 0) is 37.6 Å². The molecule has 0 aliphatic heterocycles. The van der Waals surface area contributed by atoms with Crippen LogP contribution in [0.2, 0.25) is 0 Å². The minimum Gasteiger partial charge on any atom is -0.382 e. The second kappa shape index (κ2) is 6.93. The van der Waals surface area contributed by atoms with Crippen LogP contribution in [-0.4, -0.2) is 25.7 Å². The maximum absolute atomic E-state index is 13.2.